The van der Waals surface area contributed by atoms with Gasteiger partial charge in [0.05, 0.1) is 5.56 Å². The SMILES string of the molecule is Cc1[nH]c2ccccc2c1C(=O)COC(=O)c1ccc(OCc2ccccc2)cc1. The van der Waals surface area contributed by atoms with Crippen LogP contribution in [0, 0.1) is 6.92 Å². The molecule has 0 fully saturated rings. The van der Waals surface area contributed by atoms with Gasteiger partial charge in [0.15, 0.2) is 6.61 Å². The van der Waals surface area contributed by atoms with Gasteiger partial charge in [-0.25, -0.2) is 4.79 Å². The quantitative estimate of drug-likeness (QED) is 0.347. The Balaban J connectivity index is 1.35. The molecule has 4 aromatic rings. The van der Waals surface area contributed by atoms with Crippen molar-refractivity contribution in [2.24, 2.45) is 0 Å². The Bertz CT molecular complexity index is 1180. The van der Waals surface area contributed by atoms with Gasteiger partial charge in [0.25, 0.3) is 0 Å². The van der Waals surface area contributed by atoms with Crippen LogP contribution < -0.4 is 4.74 Å². The number of hydrogen-bond donors (Lipinski definition) is 1. The fraction of sp³-hybridized carbons (Fsp3) is 0.120. The molecule has 150 valence electrons. The summed E-state index contributed by atoms with van der Waals surface area (Å²) in [6, 6.07) is 24.1. The maximum Gasteiger partial charge on any atom is 0.338 e. The molecule has 0 saturated heterocycles. The Morgan fingerprint density at radius 1 is 0.867 bits per heavy atom. The minimum absolute atomic E-state index is 0.235. The third-order valence-electron chi connectivity index (χ3n) is 4.85. The summed E-state index contributed by atoms with van der Waals surface area (Å²) in [5.41, 5.74) is 3.63. The van der Waals surface area contributed by atoms with E-state index in [2.05, 4.69) is 4.98 Å². The number of H-pyrrole nitrogens is 1. The van der Waals surface area contributed by atoms with Gasteiger partial charge < -0.3 is 14.5 Å². The topological polar surface area (TPSA) is 68.4 Å². The van der Waals surface area contributed by atoms with Crippen LogP contribution in [0.3, 0.4) is 0 Å². The van der Waals surface area contributed by atoms with Crippen LogP contribution in [0.1, 0.15) is 32.0 Å². The molecular formula is C25H21NO4. The fourth-order valence-electron chi connectivity index (χ4n) is 3.35. The number of ether oxygens (including phenoxy) is 2. The van der Waals surface area contributed by atoms with E-state index >= 15 is 0 Å². The molecule has 0 spiro atoms. The third kappa shape index (κ3) is 4.25. The molecule has 0 saturated carbocycles. The molecule has 3 aromatic carbocycles. The van der Waals surface area contributed by atoms with E-state index in [1.54, 1.807) is 24.3 Å². The van der Waals surface area contributed by atoms with Crippen molar-refractivity contribution < 1.29 is 19.1 Å². The Morgan fingerprint density at radius 3 is 2.33 bits per heavy atom. The fourth-order valence-corrected chi connectivity index (χ4v) is 3.35. The number of fused-ring (bicyclic) bond motifs is 1. The number of para-hydroxylation sites is 1. The summed E-state index contributed by atoms with van der Waals surface area (Å²) in [6.45, 7) is 1.97. The van der Waals surface area contributed by atoms with Crippen LogP contribution in [0.15, 0.2) is 78.9 Å². The first kappa shape index (κ1) is 19.5. The zero-order valence-corrected chi connectivity index (χ0v) is 16.6. The number of aromatic nitrogens is 1. The summed E-state index contributed by atoms with van der Waals surface area (Å²) in [4.78, 5) is 28.2. The third-order valence-corrected chi connectivity index (χ3v) is 4.85. The lowest BCUT2D eigenvalue weighted by Gasteiger charge is -2.08. The van der Waals surface area contributed by atoms with E-state index in [1.807, 2.05) is 61.5 Å². The van der Waals surface area contributed by atoms with Crippen LogP contribution in [0.5, 0.6) is 5.75 Å². The van der Waals surface area contributed by atoms with Gasteiger partial charge in [-0.3, -0.25) is 4.79 Å². The predicted molar refractivity (Wildman–Crippen MR) is 115 cm³/mol. The Hall–Kier alpha value is -3.86. The highest BCUT2D eigenvalue weighted by Gasteiger charge is 2.18. The van der Waals surface area contributed by atoms with Gasteiger partial charge in [0.1, 0.15) is 12.4 Å². The summed E-state index contributed by atoms with van der Waals surface area (Å²) in [5.74, 6) is -0.127. The average Bonchev–Trinajstić information content (AvgIpc) is 3.12. The molecular weight excluding hydrogens is 378 g/mol. The second-order valence-corrected chi connectivity index (χ2v) is 6.97. The van der Waals surface area contributed by atoms with Crippen LogP contribution in [0.2, 0.25) is 0 Å². The highest BCUT2D eigenvalue weighted by Crippen LogP contribution is 2.22. The Morgan fingerprint density at radius 2 is 1.57 bits per heavy atom. The summed E-state index contributed by atoms with van der Waals surface area (Å²) < 4.78 is 11.0. The number of esters is 1. The van der Waals surface area contributed by atoms with Crippen molar-refractivity contribution >= 4 is 22.7 Å². The summed E-state index contributed by atoms with van der Waals surface area (Å²) in [6.07, 6.45) is 0. The number of Topliss-reactive ketones (excluding diaryl/α,β-unsaturated/α-hetero) is 1. The minimum atomic E-state index is -0.546. The maximum atomic E-state index is 12.6. The van der Waals surface area contributed by atoms with Crippen LogP contribution in [-0.2, 0) is 11.3 Å². The van der Waals surface area contributed by atoms with Gasteiger partial charge in [-0.1, -0.05) is 48.5 Å². The van der Waals surface area contributed by atoms with E-state index in [1.165, 1.54) is 0 Å². The molecule has 4 rings (SSSR count). The van der Waals surface area contributed by atoms with Crippen LogP contribution in [-0.4, -0.2) is 23.3 Å². The zero-order chi connectivity index (χ0) is 20.9. The number of nitrogens with one attached hydrogen (secondary N) is 1. The van der Waals surface area contributed by atoms with E-state index in [-0.39, 0.29) is 12.4 Å². The molecule has 0 aliphatic rings. The monoisotopic (exact) mass is 399 g/mol. The molecule has 5 nitrogen and oxygen atoms in total. The highest BCUT2D eigenvalue weighted by molar-refractivity contribution is 6.10. The smallest absolute Gasteiger partial charge is 0.338 e. The summed E-state index contributed by atoms with van der Waals surface area (Å²) in [5, 5.41) is 0.830. The van der Waals surface area contributed by atoms with Crippen molar-refractivity contribution in [1.82, 2.24) is 4.98 Å². The maximum absolute atomic E-state index is 12.6. The van der Waals surface area contributed by atoms with Crippen LogP contribution >= 0.6 is 0 Å². The van der Waals surface area contributed by atoms with Crippen LogP contribution in [0.4, 0.5) is 0 Å². The van der Waals surface area contributed by atoms with E-state index in [0.29, 0.717) is 23.5 Å². The molecule has 0 bridgehead atoms. The lowest BCUT2D eigenvalue weighted by molar-refractivity contribution is 0.0475. The number of rotatable bonds is 7. The van der Waals surface area contributed by atoms with Crippen molar-refractivity contribution in [3.63, 3.8) is 0 Å². The molecule has 0 amide bonds. The van der Waals surface area contributed by atoms with Gasteiger partial charge in [-0.2, -0.15) is 0 Å². The molecule has 5 heteroatoms. The number of ketones is 1. The van der Waals surface area contributed by atoms with Crippen molar-refractivity contribution in [3.05, 3.63) is 101 Å². The van der Waals surface area contributed by atoms with Crippen molar-refractivity contribution in [2.45, 2.75) is 13.5 Å². The van der Waals surface area contributed by atoms with Gasteiger partial charge >= 0.3 is 5.97 Å². The number of carbonyl (C=O) groups is 2. The standard InChI is InChI=1S/C25H21NO4/c1-17-24(21-9-5-6-10-22(21)26-17)23(27)16-30-25(28)19-11-13-20(14-12-19)29-15-18-7-3-2-4-8-18/h2-14,26H,15-16H2,1H3. The molecule has 0 aliphatic carbocycles. The van der Waals surface area contributed by atoms with E-state index < -0.39 is 5.97 Å². The van der Waals surface area contributed by atoms with Crippen LogP contribution in [0.25, 0.3) is 10.9 Å². The van der Waals surface area contributed by atoms with E-state index in [9.17, 15) is 9.59 Å². The number of benzene rings is 3. The number of aromatic amines is 1. The Labute approximate surface area is 174 Å². The van der Waals surface area contributed by atoms with Gasteiger partial charge in [0, 0.05) is 22.2 Å². The molecule has 30 heavy (non-hydrogen) atoms. The summed E-state index contributed by atoms with van der Waals surface area (Å²) >= 11 is 0. The van der Waals surface area contributed by atoms with E-state index in [4.69, 9.17) is 9.47 Å². The Kier molecular flexibility index (Phi) is 5.61. The lowest BCUT2D eigenvalue weighted by atomic mass is 10.1. The molecule has 0 unspecified atom stereocenters. The molecule has 0 aliphatic heterocycles. The highest BCUT2D eigenvalue weighted by atomic mass is 16.5. The number of aryl methyl sites for hydroxylation is 1. The van der Waals surface area contributed by atoms with Gasteiger partial charge in [-0.15, -0.1) is 0 Å². The average molecular weight is 399 g/mol. The molecule has 1 aromatic heterocycles. The number of carbonyl (C=O) groups excluding carboxylic acids is 2. The number of hydrogen-bond acceptors (Lipinski definition) is 4. The van der Waals surface area contributed by atoms with Crippen molar-refractivity contribution in [1.29, 1.82) is 0 Å². The first-order chi connectivity index (χ1) is 14.6. The molecule has 1 N–H and O–H groups in total. The first-order valence-electron chi connectivity index (χ1n) is 9.66. The predicted octanol–water partition coefficient (Wildman–Crippen LogP) is 5.10. The van der Waals surface area contributed by atoms with E-state index in [0.717, 1.165) is 22.2 Å². The minimum Gasteiger partial charge on any atom is -0.489 e. The normalized spacial score (nSPS) is 10.7. The van der Waals surface area contributed by atoms with Gasteiger partial charge in [-0.05, 0) is 42.8 Å². The second-order valence-electron chi connectivity index (χ2n) is 6.97. The van der Waals surface area contributed by atoms with Crippen molar-refractivity contribution in [3.8, 4) is 5.75 Å². The summed E-state index contributed by atoms with van der Waals surface area (Å²) in [7, 11) is 0. The first-order valence-corrected chi connectivity index (χ1v) is 9.66. The lowest BCUT2D eigenvalue weighted by Crippen LogP contribution is -2.14. The zero-order valence-electron chi connectivity index (χ0n) is 16.6. The molecule has 0 radical (unpaired) electrons. The van der Waals surface area contributed by atoms with Gasteiger partial charge in [0.2, 0.25) is 5.78 Å². The largest absolute Gasteiger partial charge is 0.489 e. The molecule has 0 atom stereocenters. The second kappa shape index (κ2) is 8.66. The van der Waals surface area contributed by atoms with Crippen molar-refractivity contribution in [2.75, 3.05) is 6.61 Å². The molecule has 1 heterocycles.